The van der Waals surface area contributed by atoms with Crippen LogP contribution in [0.5, 0.6) is 0 Å². The van der Waals surface area contributed by atoms with Gasteiger partial charge in [0.25, 0.3) is 0 Å². The Morgan fingerprint density at radius 2 is 1.78 bits per heavy atom. The highest BCUT2D eigenvalue weighted by Crippen LogP contribution is 2.08. The number of primary amides is 1. The molecule has 3 amide bonds. The molecule has 7 heteroatoms. The molecule has 0 bridgehead atoms. The highest BCUT2D eigenvalue weighted by Gasteiger charge is 2.22. The lowest BCUT2D eigenvalue weighted by Gasteiger charge is -2.29. The second-order valence-corrected chi connectivity index (χ2v) is 7.10. The van der Waals surface area contributed by atoms with Crippen molar-refractivity contribution in [1.82, 2.24) is 15.5 Å². The molecule has 1 aromatic carbocycles. The quantitative estimate of drug-likeness (QED) is 0.502. The van der Waals surface area contributed by atoms with Gasteiger partial charge in [0.1, 0.15) is 6.04 Å². The average molecular weight is 377 g/mol. The number of likely N-dealkylation sites (N-methyl/N-ethyl adjacent to an activating group) is 1. The summed E-state index contributed by atoms with van der Waals surface area (Å²) in [6.45, 7) is 5.71. The Bertz CT molecular complexity index is 619. The minimum absolute atomic E-state index is 0.0132. The molecule has 0 aliphatic heterocycles. The third kappa shape index (κ3) is 8.21. The summed E-state index contributed by atoms with van der Waals surface area (Å²) in [5.74, 6) is -0.653. The first-order valence-electron chi connectivity index (χ1n) is 9.36. The lowest BCUT2D eigenvalue weighted by molar-refractivity contribution is -0.133. The van der Waals surface area contributed by atoms with Gasteiger partial charge >= 0.3 is 0 Å². The Morgan fingerprint density at radius 1 is 1.15 bits per heavy atom. The van der Waals surface area contributed by atoms with E-state index in [0.717, 1.165) is 5.56 Å². The standard InChI is InChI=1S/C20H32N4O3/c1-5-19(26)24(4)17(12-15-9-7-6-8-10-15)22-13-18(25)23-16(20(21)27)11-14(2)3/h6-10,14,16-17,22H,5,11-13H2,1-4H3,(H2,21,27)(H,23,25)/t16-,17?/m0/s1. The van der Waals surface area contributed by atoms with Crippen molar-refractivity contribution in [3.63, 3.8) is 0 Å². The van der Waals surface area contributed by atoms with Gasteiger partial charge in [0, 0.05) is 19.9 Å². The van der Waals surface area contributed by atoms with Crippen LogP contribution in [0.25, 0.3) is 0 Å². The van der Waals surface area contributed by atoms with Crippen LogP contribution in [0.15, 0.2) is 30.3 Å². The maximum atomic E-state index is 12.3. The first-order valence-corrected chi connectivity index (χ1v) is 9.36. The Morgan fingerprint density at radius 3 is 2.30 bits per heavy atom. The molecule has 1 aromatic rings. The molecule has 0 aliphatic carbocycles. The number of amides is 3. The lowest BCUT2D eigenvalue weighted by atomic mass is 10.0. The molecule has 150 valence electrons. The number of carbonyl (C=O) groups excluding carboxylic acids is 3. The molecule has 0 saturated heterocycles. The molecule has 0 aliphatic rings. The van der Waals surface area contributed by atoms with Crippen molar-refractivity contribution in [3.05, 3.63) is 35.9 Å². The van der Waals surface area contributed by atoms with Crippen molar-refractivity contribution in [2.75, 3.05) is 13.6 Å². The topological polar surface area (TPSA) is 105 Å². The molecule has 0 heterocycles. The van der Waals surface area contributed by atoms with E-state index < -0.39 is 11.9 Å². The summed E-state index contributed by atoms with van der Waals surface area (Å²) in [6, 6.07) is 9.06. The van der Waals surface area contributed by atoms with E-state index in [1.54, 1.807) is 18.9 Å². The van der Waals surface area contributed by atoms with Crippen LogP contribution in [0.2, 0.25) is 0 Å². The van der Waals surface area contributed by atoms with Crippen LogP contribution in [0, 0.1) is 5.92 Å². The van der Waals surface area contributed by atoms with Gasteiger partial charge in [-0.25, -0.2) is 0 Å². The van der Waals surface area contributed by atoms with E-state index in [9.17, 15) is 14.4 Å². The fourth-order valence-corrected chi connectivity index (χ4v) is 2.78. The number of nitrogens with one attached hydrogen (secondary N) is 2. The minimum Gasteiger partial charge on any atom is -0.368 e. The highest BCUT2D eigenvalue weighted by molar-refractivity contribution is 5.87. The molecular weight excluding hydrogens is 344 g/mol. The Balaban J connectivity index is 2.72. The number of carbonyl (C=O) groups is 3. The molecule has 1 rings (SSSR count). The zero-order valence-corrected chi connectivity index (χ0v) is 16.7. The van der Waals surface area contributed by atoms with Gasteiger partial charge in [0.2, 0.25) is 17.7 Å². The second kappa shape index (κ2) is 11.3. The van der Waals surface area contributed by atoms with Crippen molar-refractivity contribution in [3.8, 4) is 0 Å². The third-order valence-electron chi connectivity index (χ3n) is 4.32. The molecule has 1 unspecified atom stereocenters. The van der Waals surface area contributed by atoms with Gasteiger partial charge in [0.15, 0.2) is 0 Å². The van der Waals surface area contributed by atoms with Crippen molar-refractivity contribution in [2.45, 2.75) is 52.2 Å². The SMILES string of the molecule is CCC(=O)N(C)C(Cc1ccccc1)NCC(=O)N[C@@H](CC(C)C)C(N)=O. The van der Waals surface area contributed by atoms with Gasteiger partial charge in [-0.2, -0.15) is 0 Å². The van der Waals surface area contributed by atoms with Crippen LogP contribution in [-0.2, 0) is 20.8 Å². The molecule has 0 radical (unpaired) electrons. The van der Waals surface area contributed by atoms with E-state index in [0.29, 0.717) is 19.3 Å². The first kappa shape index (κ1) is 22.6. The normalized spacial score (nSPS) is 13.1. The summed E-state index contributed by atoms with van der Waals surface area (Å²) in [6.07, 6.45) is 1.11. The number of benzene rings is 1. The molecule has 7 nitrogen and oxygen atoms in total. The van der Waals surface area contributed by atoms with Crippen molar-refractivity contribution >= 4 is 17.7 Å². The largest absolute Gasteiger partial charge is 0.368 e. The van der Waals surface area contributed by atoms with Crippen LogP contribution in [0.1, 0.15) is 39.2 Å². The maximum Gasteiger partial charge on any atom is 0.240 e. The van der Waals surface area contributed by atoms with E-state index in [-0.39, 0.29) is 30.4 Å². The minimum atomic E-state index is -0.693. The molecule has 4 N–H and O–H groups in total. The fourth-order valence-electron chi connectivity index (χ4n) is 2.78. The van der Waals surface area contributed by atoms with Crippen LogP contribution in [-0.4, -0.2) is 48.4 Å². The number of hydrogen-bond donors (Lipinski definition) is 3. The monoisotopic (exact) mass is 376 g/mol. The van der Waals surface area contributed by atoms with Gasteiger partial charge in [-0.05, 0) is 17.9 Å². The number of rotatable bonds is 11. The Labute approximate surface area is 161 Å². The van der Waals surface area contributed by atoms with Gasteiger partial charge < -0.3 is 16.0 Å². The molecule has 2 atom stereocenters. The molecular formula is C20H32N4O3. The lowest BCUT2D eigenvalue weighted by Crippen LogP contribution is -2.53. The molecule has 0 fully saturated rings. The smallest absolute Gasteiger partial charge is 0.240 e. The summed E-state index contributed by atoms with van der Waals surface area (Å²) in [5.41, 5.74) is 6.43. The van der Waals surface area contributed by atoms with Crippen LogP contribution < -0.4 is 16.4 Å². The van der Waals surface area contributed by atoms with Crippen LogP contribution in [0.4, 0.5) is 0 Å². The fraction of sp³-hybridized carbons (Fsp3) is 0.550. The Kier molecular flexibility index (Phi) is 9.50. The number of hydrogen-bond acceptors (Lipinski definition) is 4. The van der Waals surface area contributed by atoms with Crippen LogP contribution >= 0.6 is 0 Å². The van der Waals surface area contributed by atoms with E-state index in [2.05, 4.69) is 10.6 Å². The van der Waals surface area contributed by atoms with E-state index in [1.807, 2.05) is 44.2 Å². The molecule has 0 saturated carbocycles. The average Bonchev–Trinajstić information content (AvgIpc) is 2.63. The van der Waals surface area contributed by atoms with Gasteiger partial charge in [0.05, 0.1) is 12.7 Å². The molecule has 0 spiro atoms. The van der Waals surface area contributed by atoms with Gasteiger partial charge in [-0.3, -0.25) is 19.7 Å². The van der Waals surface area contributed by atoms with Crippen molar-refractivity contribution in [2.24, 2.45) is 11.7 Å². The summed E-state index contributed by atoms with van der Waals surface area (Å²) in [4.78, 5) is 37.5. The maximum absolute atomic E-state index is 12.3. The van der Waals surface area contributed by atoms with E-state index in [4.69, 9.17) is 5.73 Å². The number of nitrogens with two attached hydrogens (primary N) is 1. The highest BCUT2D eigenvalue weighted by atomic mass is 16.2. The second-order valence-electron chi connectivity index (χ2n) is 7.10. The Hall–Kier alpha value is -2.41. The zero-order valence-electron chi connectivity index (χ0n) is 16.7. The van der Waals surface area contributed by atoms with E-state index >= 15 is 0 Å². The predicted octanol–water partition coefficient (Wildman–Crippen LogP) is 1.03. The zero-order chi connectivity index (χ0) is 20.4. The molecule has 0 aromatic heterocycles. The van der Waals surface area contributed by atoms with Gasteiger partial charge in [-0.15, -0.1) is 0 Å². The summed E-state index contributed by atoms with van der Waals surface area (Å²) in [5, 5.41) is 5.79. The summed E-state index contributed by atoms with van der Waals surface area (Å²) in [7, 11) is 1.72. The molecule has 27 heavy (non-hydrogen) atoms. The van der Waals surface area contributed by atoms with Gasteiger partial charge in [-0.1, -0.05) is 51.1 Å². The predicted molar refractivity (Wildman–Crippen MR) is 106 cm³/mol. The van der Waals surface area contributed by atoms with E-state index in [1.165, 1.54) is 0 Å². The van der Waals surface area contributed by atoms with Crippen molar-refractivity contribution in [1.29, 1.82) is 0 Å². The first-order chi connectivity index (χ1) is 12.7. The summed E-state index contributed by atoms with van der Waals surface area (Å²) < 4.78 is 0. The summed E-state index contributed by atoms with van der Waals surface area (Å²) >= 11 is 0. The van der Waals surface area contributed by atoms with Crippen LogP contribution in [0.3, 0.4) is 0 Å². The van der Waals surface area contributed by atoms with Crippen molar-refractivity contribution < 1.29 is 14.4 Å². The number of nitrogens with zero attached hydrogens (tertiary/aromatic N) is 1. The third-order valence-corrected chi connectivity index (χ3v) is 4.32.